The molecule has 1 fully saturated rings. The van der Waals surface area contributed by atoms with Crippen molar-refractivity contribution in [1.29, 1.82) is 0 Å². The molecule has 4 heteroatoms. The summed E-state index contributed by atoms with van der Waals surface area (Å²) in [7, 11) is 0. The molecule has 4 nitrogen and oxygen atoms in total. The van der Waals surface area contributed by atoms with Gasteiger partial charge in [0.15, 0.2) is 0 Å². The number of nitrogens with zero attached hydrogens (tertiary/aromatic N) is 1. The zero-order chi connectivity index (χ0) is 15.6. The number of H-pyrrole nitrogens is 1. The Bertz CT molecular complexity index is 895. The van der Waals surface area contributed by atoms with Crippen molar-refractivity contribution in [2.24, 2.45) is 0 Å². The molecule has 1 N–H and O–H groups in total. The Morgan fingerprint density at radius 2 is 1.74 bits per heavy atom. The summed E-state index contributed by atoms with van der Waals surface area (Å²) in [6, 6.07) is 15.1. The van der Waals surface area contributed by atoms with Crippen LogP contribution < -0.4 is 10.3 Å². The Kier molecular flexibility index (Phi) is 3.58. The highest BCUT2D eigenvalue weighted by molar-refractivity contribution is 5.80. The largest absolute Gasteiger partial charge is 0.490 e. The fourth-order valence-corrected chi connectivity index (χ4v) is 3.16. The van der Waals surface area contributed by atoms with Crippen LogP contribution >= 0.6 is 0 Å². The van der Waals surface area contributed by atoms with E-state index in [1.165, 1.54) is 12.8 Å². The topological polar surface area (TPSA) is 55.0 Å². The Balaban J connectivity index is 1.79. The van der Waals surface area contributed by atoms with Gasteiger partial charge in [-0.15, -0.1) is 0 Å². The van der Waals surface area contributed by atoms with E-state index in [1.54, 1.807) is 6.07 Å². The van der Waals surface area contributed by atoms with Gasteiger partial charge in [0, 0.05) is 0 Å². The van der Waals surface area contributed by atoms with Gasteiger partial charge in [-0.25, -0.2) is 4.98 Å². The molecule has 0 atom stereocenters. The summed E-state index contributed by atoms with van der Waals surface area (Å²) in [5, 5.41) is 0.602. The quantitative estimate of drug-likeness (QED) is 0.798. The number of ether oxygens (including phenoxy) is 1. The Hall–Kier alpha value is -2.62. The molecular weight excluding hydrogens is 288 g/mol. The molecule has 1 saturated carbocycles. The monoisotopic (exact) mass is 306 g/mol. The molecule has 0 amide bonds. The number of para-hydroxylation sites is 2. The van der Waals surface area contributed by atoms with E-state index >= 15 is 0 Å². The van der Waals surface area contributed by atoms with Gasteiger partial charge in [0.05, 0.1) is 22.6 Å². The zero-order valence-electron chi connectivity index (χ0n) is 12.8. The second-order valence-corrected chi connectivity index (χ2v) is 5.95. The first-order valence-corrected chi connectivity index (χ1v) is 8.06. The van der Waals surface area contributed by atoms with E-state index in [9.17, 15) is 4.79 Å². The highest BCUT2D eigenvalue weighted by atomic mass is 16.5. The van der Waals surface area contributed by atoms with Crippen LogP contribution in [-0.4, -0.2) is 16.1 Å². The van der Waals surface area contributed by atoms with E-state index < -0.39 is 0 Å². The first-order chi connectivity index (χ1) is 11.3. The highest BCUT2D eigenvalue weighted by Crippen LogP contribution is 2.31. The fraction of sp³-hybridized carbons (Fsp3) is 0.263. The maximum Gasteiger partial charge on any atom is 0.259 e. The number of aromatic amines is 1. The van der Waals surface area contributed by atoms with Crippen molar-refractivity contribution in [3.63, 3.8) is 0 Å². The lowest BCUT2D eigenvalue weighted by molar-refractivity contribution is 0.211. The van der Waals surface area contributed by atoms with Crippen molar-refractivity contribution in [2.45, 2.75) is 31.8 Å². The van der Waals surface area contributed by atoms with Crippen LogP contribution in [0.25, 0.3) is 22.3 Å². The standard InChI is InChI=1S/C19H18N2O2/c22-19-14-9-3-5-11-16(14)20-18(21-19)15-10-4-6-12-17(15)23-13-7-1-2-8-13/h3-6,9-13H,1-2,7-8H2,(H,20,21,22). The van der Waals surface area contributed by atoms with Crippen LogP contribution in [0.2, 0.25) is 0 Å². The molecule has 116 valence electrons. The van der Waals surface area contributed by atoms with Gasteiger partial charge in [0.2, 0.25) is 0 Å². The third kappa shape index (κ3) is 2.72. The van der Waals surface area contributed by atoms with Gasteiger partial charge in [0.25, 0.3) is 5.56 Å². The number of nitrogens with one attached hydrogen (secondary N) is 1. The first-order valence-electron chi connectivity index (χ1n) is 8.06. The minimum Gasteiger partial charge on any atom is -0.490 e. The SMILES string of the molecule is O=c1[nH]c(-c2ccccc2OC2CCCC2)nc2ccccc12. The van der Waals surface area contributed by atoms with E-state index in [1.807, 2.05) is 42.5 Å². The second-order valence-electron chi connectivity index (χ2n) is 5.95. The van der Waals surface area contributed by atoms with Crippen LogP contribution in [0, 0.1) is 0 Å². The van der Waals surface area contributed by atoms with Gasteiger partial charge in [-0.2, -0.15) is 0 Å². The molecule has 0 spiro atoms. The van der Waals surface area contributed by atoms with E-state index in [2.05, 4.69) is 9.97 Å². The van der Waals surface area contributed by atoms with Crippen LogP contribution in [0.5, 0.6) is 5.75 Å². The Labute approximate surface area is 134 Å². The summed E-state index contributed by atoms with van der Waals surface area (Å²) in [4.78, 5) is 19.8. The predicted molar refractivity (Wildman–Crippen MR) is 90.7 cm³/mol. The number of hydrogen-bond acceptors (Lipinski definition) is 3. The number of hydrogen-bond donors (Lipinski definition) is 1. The summed E-state index contributed by atoms with van der Waals surface area (Å²) in [5.74, 6) is 1.35. The van der Waals surface area contributed by atoms with E-state index in [0.29, 0.717) is 16.7 Å². The highest BCUT2D eigenvalue weighted by Gasteiger charge is 2.19. The lowest BCUT2D eigenvalue weighted by Crippen LogP contribution is -2.13. The summed E-state index contributed by atoms with van der Waals surface area (Å²) in [6.45, 7) is 0. The first kappa shape index (κ1) is 14.0. The molecule has 2 aromatic carbocycles. The van der Waals surface area contributed by atoms with Crippen LogP contribution in [0.15, 0.2) is 53.3 Å². The molecule has 23 heavy (non-hydrogen) atoms. The van der Waals surface area contributed by atoms with Crippen LogP contribution in [0.4, 0.5) is 0 Å². The molecular formula is C19H18N2O2. The molecule has 0 aliphatic heterocycles. The summed E-state index contributed by atoms with van der Waals surface area (Å²) in [6.07, 6.45) is 4.89. The van der Waals surface area contributed by atoms with Gasteiger partial charge < -0.3 is 9.72 Å². The summed E-state index contributed by atoms with van der Waals surface area (Å²) < 4.78 is 6.15. The number of benzene rings is 2. The lowest BCUT2D eigenvalue weighted by Gasteiger charge is -2.16. The molecule has 1 aliphatic rings. The van der Waals surface area contributed by atoms with Crippen molar-refractivity contribution < 1.29 is 4.74 Å². The third-order valence-electron chi connectivity index (χ3n) is 4.35. The van der Waals surface area contributed by atoms with E-state index in [4.69, 9.17) is 4.74 Å². The van der Waals surface area contributed by atoms with Gasteiger partial charge in [-0.05, 0) is 49.9 Å². The molecule has 3 aromatic rings. The van der Waals surface area contributed by atoms with Gasteiger partial charge in [-0.1, -0.05) is 24.3 Å². The molecule has 4 rings (SSSR count). The molecule has 0 saturated heterocycles. The van der Waals surface area contributed by atoms with Gasteiger partial charge in [0.1, 0.15) is 11.6 Å². The Morgan fingerprint density at radius 1 is 1.00 bits per heavy atom. The third-order valence-corrected chi connectivity index (χ3v) is 4.35. The predicted octanol–water partition coefficient (Wildman–Crippen LogP) is 3.91. The summed E-state index contributed by atoms with van der Waals surface area (Å²) >= 11 is 0. The van der Waals surface area contributed by atoms with Crippen molar-refractivity contribution in [3.05, 3.63) is 58.9 Å². The zero-order valence-corrected chi connectivity index (χ0v) is 12.8. The van der Waals surface area contributed by atoms with Crippen LogP contribution in [0.1, 0.15) is 25.7 Å². The van der Waals surface area contributed by atoms with Gasteiger partial charge >= 0.3 is 0 Å². The Morgan fingerprint density at radius 3 is 2.61 bits per heavy atom. The summed E-state index contributed by atoms with van der Waals surface area (Å²) in [5.41, 5.74) is 1.41. The van der Waals surface area contributed by atoms with E-state index in [-0.39, 0.29) is 11.7 Å². The average molecular weight is 306 g/mol. The molecule has 1 aliphatic carbocycles. The minimum atomic E-state index is -0.124. The number of aromatic nitrogens is 2. The lowest BCUT2D eigenvalue weighted by atomic mass is 10.1. The van der Waals surface area contributed by atoms with Crippen molar-refractivity contribution in [2.75, 3.05) is 0 Å². The maximum absolute atomic E-state index is 12.3. The van der Waals surface area contributed by atoms with Crippen molar-refractivity contribution in [3.8, 4) is 17.1 Å². The molecule has 0 radical (unpaired) electrons. The maximum atomic E-state index is 12.3. The van der Waals surface area contributed by atoms with Gasteiger partial charge in [-0.3, -0.25) is 4.79 Å². The van der Waals surface area contributed by atoms with Crippen molar-refractivity contribution >= 4 is 10.9 Å². The molecule has 0 unspecified atom stereocenters. The number of rotatable bonds is 3. The normalized spacial score (nSPS) is 15.1. The molecule has 0 bridgehead atoms. The van der Waals surface area contributed by atoms with Crippen LogP contribution in [0.3, 0.4) is 0 Å². The molecule has 1 heterocycles. The minimum absolute atomic E-state index is 0.124. The smallest absolute Gasteiger partial charge is 0.259 e. The second kappa shape index (κ2) is 5.88. The van der Waals surface area contributed by atoms with E-state index in [0.717, 1.165) is 24.2 Å². The number of fused-ring (bicyclic) bond motifs is 1. The molecule has 1 aromatic heterocycles. The average Bonchev–Trinajstić information content (AvgIpc) is 3.08. The fourth-order valence-electron chi connectivity index (χ4n) is 3.16. The van der Waals surface area contributed by atoms with Crippen molar-refractivity contribution in [1.82, 2.24) is 9.97 Å². The van der Waals surface area contributed by atoms with Crippen LogP contribution in [-0.2, 0) is 0 Å².